The van der Waals surface area contributed by atoms with Gasteiger partial charge in [-0.05, 0) is 44.5 Å². The Hall–Kier alpha value is -2.41. The zero-order valence-electron chi connectivity index (χ0n) is 14.1. The van der Waals surface area contributed by atoms with E-state index in [0.717, 1.165) is 19.4 Å². The van der Waals surface area contributed by atoms with E-state index in [4.69, 9.17) is 0 Å². The van der Waals surface area contributed by atoms with Gasteiger partial charge in [0, 0.05) is 12.2 Å². The van der Waals surface area contributed by atoms with Crippen molar-refractivity contribution >= 4 is 23.5 Å². The average molecular weight is 334 g/mol. The van der Waals surface area contributed by atoms with Gasteiger partial charge < -0.3 is 20.1 Å². The highest BCUT2D eigenvalue weighted by Gasteiger charge is 2.34. The summed E-state index contributed by atoms with van der Waals surface area (Å²) in [5.74, 6) is -1.35. The fourth-order valence-electron chi connectivity index (χ4n) is 2.70. The number of esters is 2. The number of anilines is 1. The lowest BCUT2D eigenvalue weighted by molar-refractivity contribution is -0.125. The Labute approximate surface area is 140 Å². The normalized spacial score (nSPS) is 20.1. The number of hydrogen-bond donors (Lipinski definition) is 2. The summed E-state index contributed by atoms with van der Waals surface area (Å²) in [4.78, 5) is 36.2. The fraction of sp³-hybridized carbons (Fsp3) is 0.471. The summed E-state index contributed by atoms with van der Waals surface area (Å²) in [7, 11) is 2.50. The van der Waals surface area contributed by atoms with Crippen molar-refractivity contribution in [1.82, 2.24) is 5.32 Å². The third-order valence-electron chi connectivity index (χ3n) is 4.18. The number of benzene rings is 1. The van der Waals surface area contributed by atoms with Crippen molar-refractivity contribution in [3.05, 3.63) is 29.3 Å². The summed E-state index contributed by atoms with van der Waals surface area (Å²) in [6, 6.07) is 4.34. The van der Waals surface area contributed by atoms with Crippen molar-refractivity contribution in [2.45, 2.75) is 19.8 Å². The minimum Gasteiger partial charge on any atom is -0.465 e. The van der Waals surface area contributed by atoms with Gasteiger partial charge in [-0.15, -0.1) is 0 Å². The molecule has 0 aromatic heterocycles. The Morgan fingerprint density at radius 3 is 2.12 bits per heavy atom. The highest BCUT2D eigenvalue weighted by Crippen LogP contribution is 2.28. The van der Waals surface area contributed by atoms with Crippen molar-refractivity contribution in [3.63, 3.8) is 0 Å². The third kappa shape index (κ3) is 3.91. The molecule has 1 unspecified atom stereocenters. The summed E-state index contributed by atoms with van der Waals surface area (Å²) >= 11 is 0. The van der Waals surface area contributed by atoms with Crippen LogP contribution in [0, 0.1) is 5.41 Å². The number of nitrogens with one attached hydrogen (secondary N) is 2. The van der Waals surface area contributed by atoms with Crippen LogP contribution in [0.5, 0.6) is 0 Å². The Morgan fingerprint density at radius 2 is 1.67 bits per heavy atom. The molecule has 0 spiro atoms. The van der Waals surface area contributed by atoms with Crippen LogP contribution in [0.3, 0.4) is 0 Å². The molecule has 1 fully saturated rings. The fourth-order valence-corrected chi connectivity index (χ4v) is 2.70. The predicted molar refractivity (Wildman–Crippen MR) is 88.0 cm³/mol. The largest absolute Gasteiger partial charge is 0.465 e. The van der Waals surface area contributed by atoms with E-state index >= 15 is 0 Å². The number of hydrogen-bond acceptors (Lipinski definition) is 6. The average Bonchev–Trinajstić information content (AvgIpc) is 2.60. The third-order valence-corrected chi connectivity index (χ3v) is 4.18. The molecule has 130 valence electrons. The van der Waals surface area contributed by atoms with E-state index in [9.17, 15) is 14.4 Å². The minimum absolute atomic E-state index is 0.160. The first kappa shape index (κ1) is 17.9. The molecule has 1 aromatic carbocycles. The molecule has 1 saturated heterocycles. The van der Waals surface area contributed by atoms with Gasteiger partial charge in [0.1, 0.15) is 0 Å². The van der Waals surface area contributed by atoms with Gasteiger partial charge in [0.05, 0.1) is 30.8 Å². The molecule has 1 aliphatic rings. The lowest BCUT2D eigenvalue weighted by Gasteiger charge is -2.32. The molecular formula is C17H22N2O5. The molecule has 0 saturated carbocycles. The molecule has 1 atom stereocenters. The zero-order valence-corrected chi connectivity index (χ0v) is 14.1. The summed E-state index contributed by atoms with van der Waals surface area (Å²) in [6.45, 7) is 3.37. The summed E-state index contributed by atoms with van der Waals surface area (Å²) in [6.07, 6.45) is 1.69. The number of rotatable bonds is 4. The number of methoxy groups -OCH3 is 2. The maximum atomic E-state index is 12.6. The molecule has 1 aromatic rings. The number of carbonyl (C=O) groups excluding carboxylic acids is 3. The monoisotopic (exact) mass is 334 g/mol. The molecule has 7 nitrogen and oxygen atoms in total. The molecule has 2 rings (SSSR count). The van der Waals surface area contributed by atoms with E-state index in [2.05, 4.69) is 20.1 Å². The molecular weight excluding hydrogens is 312 g/mol. The van der Waals surface area contributed by atoms with Gasteiger partial charge >= 0.3 is 11.9 Å². The molecule has 24 heavy (non-hydrogen) atoms. The quantitative estimate of drug-likeness (QED) is 0.812. The van der Waals surface area contributed by atoms with E-state index < -0.39 is 17.4 Å². The first-order valence-electron chi connectivity index (χ1n) is 7.73. The van der Waals surface area contributed by atoms with E-state index in [1.54, 1.807) is 0 Å². The second kappa shape index (κ2) is 7.44. The predicted octanol–water partition coefficient (Wildman–Crippen LogP) is 1.59. The van der Waals surface area contributed by atoms with Gasteiger partial charge in [0.15, 0.2) is 0 Å². The van der Waals surface area contributed by atoms with Crippen molar-refractivity contribution in [2.75, 3.05) is 32.6 Å². The molecule has 0 aliphatic carbocycles. The highest BCUT2D eigenvalue weighted by atomic mass is 16.5. The standard InChI is InChI=1S/C17H22N2O5/c1-17(5-4-6-18-10-17)16(22)19-13-8-11(14(20)23-2)7-12(9-13)15(21)24-3/h7-9,18H,4-6,10H2,1-3H3,(H,19,22). The zero-order chi connectivity index (χ0) is 17.7. The molecule has 1 aliphatic heterocycles. The van der Waals surface area contributed by atoms with Gasteiger partial charge in [-0.1, -0.05) is 0 Å². The Kier molecular flexibility index (Phi) is 5.56. The molecule has 0 radical (unpaired) electrons. The van der Waals surface area contributed by atoms with E-state index in [-0.39, 0.29) is 17.0 Å². The second-order valence-electron chi connectivity index (χ2n) is 6.08. The highest BCUT2D eigenvalue weighted by molar-refractivity contribution is 6.00. The number of carbonyl (C=O) groups is 3. The van der Waals surface area contributed by atoms with Crippen molar-refractivity contribution in [3.8, 4) is 0 Å². The van der Waals surface area contributed by atoms with Crippen molar-refractivity contribution in [1.29, 1.82) is 0 Å². The second-order valence-corrected chi connectivity index (χ2v) is 6.08. The van der Waals surface area contributed by atoms with Crippen LogP contribution in [0.25, 0.3) is 0 Å². The smallest absolute Gasteiger partial charge is 0.337 e. The molecule has 7 heteroatoms. The molecule has 1 amide bonds. The molecule has 1 heterocycles. The van der Waals surface area contributed by atoms with Crippen molar-refractivity contribution in [2.24, 2.45) is 5.41 Å². The van der Waals surface area contributed by atoms with Crippen LogP contribution < -0.4 is 10.6 Å². The Bertz CT molecular complexity index is 616. The Morgan fingerprint density at radius 1 is 1.08 bits per heavy atom. The number of ether oxygens (including phenoxy) is 2. The SMILES string of the molecule is COC(=O)c1cc(NC(=O)C2(C)CCCNC2)cc(C(=O)OC)c1. The summed E-state index contributed by atoms with van der Waals surface area (Å²) < 4.78 is 9.37. The number of piperidine rings is 1. The van der Waals surface area contributed by atoms with Crippen LogP contribution in [0.4, 0.5) is 5.69 Å². The first-order valence-corrected chi connectivity index (χ1v) is 7.73. The molecule has 2 N–H and O–H groups in total. The van der Waals surface area contributed by atoms with Crippen LogP contribution in [-0.4, -0.2) is 45.2 Å². The summed E-state index contributed by atoms with van der Waals surface area (Å²) in [5.41, 5.74) is 0.158. The maximum Gasteiger partial charge on any atom is 0.337 e. The lowest BCUT2D eigenvalue weighted by atomic mass is 9.82. The van der Waals surface area contributed by atoms with Crippen LogP contribution >= 0.6 is 0 Å². The van der Waals surface area contributed by atoms with E-state index in [0.29, 0.717) is 12.2 Å². The van der Waals surface area contributed by atoms with Crippen molar-refractivity contribution < 1.29 is 23.9 Å². The van der Waals surface area contributed by atoms with Gasteiger partial charge in [-0.2, -0.15) is 0 Å². The van der Waals surface area contributed by atoms with Gasteiger partial charge in [0.25, 0.3) is 0 Å². The van der Waals surface area contributed by atoms with Crippen LogP contribution in [0.15, 0.2) is 18.2 Å². The maximum absolute atomic E-state index is 12.6. The van der Waals surface area contributed by atoms with Crippen LogP contribution in [-0.2, 0) is 14.3 Å². The lowest BCUT2D eigenvalue weighted by Crippen LogP contribution is -2.46. The summed E-state index contributed by atoms with van der Waals surface area (Å²) in [5, 5.41) is 6.01. The minimum atomic E-state index is -0.596. The molecule has 0 bridgehead atoms. The topological polar surface area (TPSA) is 93.7 Å². The van der Waals surface area contributed by atoms with Gasteiger partial charge in [-0.25, -0.2) is 9.59 Å². The Balaban J connectivity index is 2.29. The van der Waals surface area contributed by atoms with Gasteiger partial charge in [-0.3, -0.25) is 4.79 Å². The van der Waals surface area contributed by atoms with E-state index in [1.807, 2.05) is 6.92 Å². The van der Waals surface area contributed by atoms with Gasteiger partial charge in [0.2, 0.25) is 5.91 Å². The number of amides is 1. The van der Waals surface area contributed by atoms with Crippen LogP contribution in [0.2, 0.25) is 0 Å². The first-order chi connectivity index (χ1) is 11.4. The van der Waals surface area contributed by atoms with E-state index in [1.165, 1.54) is 32.4 Å². The van der Waals surface area contributed by atoms with Crippen LogP contribution in [0.1, 0.15) is 40.5 Å².